The van der Waals surface area contributed by atoms with Crippen molar-refractivity contribution >= 4 is 22.6 Å². The monoisotopic (exact) mass is 224 g/mol. The Morgan fingerprint density at radius 1 is 1.53 bits per heavy atom. The molecule has 5 nitrogen and oxygen atoms in total. The fourth-order valence-electron chi connectivity index (χ4n) is 1.12. The predicted octanol–water partition coefficient (Wildman–Crippen LogP) is 1.96. The largest absolute Gasteiger partial charge is 0.473 e. The minimum atomic E-state index is 0.141. The van der Waals surface area contributed by atoms with Crippen LogP contribution in [0.4, 0.5) is 0 Å². The van der Waals surface area contributed by atoms with Crippen molar-refractivity contribution in [1.29, 1.82) is 0 Å². The van der Waals surface area contributed by atoms with Gasteiger partial charge < -0.3 is 4.74 Å². The number of fused-ring (bicyclic) bond motifs is 1. The number of nitrogens with one attached hydrogen (secondary N) is 1. The van der Waals surface area contributed by atoms with Crippen LogP contribution in [0.1, 0.15) is 6.92 Å². The molecule has 2 aromatic rings. The number of halogens is 1. The van der Waals surface area contributed by atoms with Crippen LogP contribution < -0.4 is 4.74 Å². The molecule has 0 saturated carbocycles. The van der Waals surface area contributed by atoms with Crippen molar-refractivity contribution < 1.29 is 4.74 Å². The van der Waals surface area contributed by atoms with Crippen LogP contribution in [0.15, 0.2) is 18.3 Å². The highest BCUT2D eigenvalue weighted by Crippen LogP contribution is 2.21. The zero-order chi connectivity index (χ0) is 10.7. The number of nitrogens with zero attached hydrogens (tertiary/aromatic N) is 3. The summed E-state index contributed by atoms with van der Waals surface area (Å²) >= 11 is 5.73. The molecule has 0 aliphatic rings. The smallest absolute Gasteiger partial charge is 0.229 e. The van der Waals surface area contributed by atoms with Crippen LogP contribution in [-0.2, 0) is 0 Å². The molecule has 0 bridgehead atoms. The Bertz CT molecular complexity index is 494. The summed E-state index contributed by atoms with van der Waals surface area (Å²) < 4.78 is 5.42. The van der Waals surface area contributed by atoms with Gasteiger partial charge in [0.15, 0.2) is 5.65 Å². The van der Waals surface area contributed by atoms with E-state index in [1.807, 2.05) is 19.1 Å². The lowest BCUT2D eigenvalue weighted by Gasteiger charge is -2.02. The molecule has 78 valence electrons. The second kappa shape index (κ2) is 4.27. The molecule has 1 N–H and O–H groups in total. The minimum absolute atomic E-state index is 0.141. The third-order valence-electron chi connectivity index (χ3n) is 1.80. The number of allylic oxidation sites excluding steroid dienone is 1. The molecule has 0 aliphatic heterocycles. The summed E-state index contributed by atoms with van der Waals surface area (Å²) in [7, 11) is 0. The van der Waals surface area contributed by atoms with Gasteiger partial charge in [-0.3, -0.25) is 5.10 Å². The molecule has 0 spiro atoms. The summed E-state index contributed by atoms with van der Waals surface area (Å²) in [5.41, 5.74) is 0.575. The van der Waals surface area contributed by atoms with Crippen LogP contribution in [0.5, 0.6) is 5.88 Å². The standard InChI is InChI=1S/C9H9ClN4O/c1-2-3-4-15-8-6-5-11-14-7(6)12-9(10)13-8/h2-3,5H,4H2,1H3,(H,11,12,13,14)/b3-2+. The van der Waals surface area contributed by atoms with E-state index in [0.717, 1.165) is 5.39 Å². The van der Waals surface area contributed by atoms with E-state index in [-0.39, 0.29) is 5.28 Å². The maximum atomic E-state index is 5.73. The van der Waals surface area contributed by atoms with Crippen LogP contribution >= 0.6 is 11.6 Å². The van der Waals surface area contributed by atoms with Gasteiger partial charge >= 0.3 is 0 Å². The molecule has 6 heteroatoms. The van der Waals surface area contributed by atoms with E-state index in [4.69, 9.17) is 16.3 Å². The fraction of sp³-hybridized carbons (Fsp3) is 0.222. The SMILES string of the molecule is C/C=C/COc1nc(Cl)nc2[nH]ncc12. The van der Waals surface area contributed by atoms with Crippen molar-refractivity contribution in [3.63, 3.8) is 0 Å². The molecule has 0 atom stereocenters. The zero-order valence-electron chi connectivity index (χ0n) is 8.07. The molecular formula is C9H9ClN4O. The van der Waals surface area contributed by atoms with Crippen molar-refractivity contribution in [2.45, 2.75) is 6.92 Å². The third-order valence-corrected chi connectivity index (χ3v) is 1.97. The number of rotatable bonds is 3. The predicted molar refractivity (Wildman–Crippen MR) is 57.0 cm³/mol. The summed E-state index contributed by atoms with van der Waals surface area (Å²) in [6.07, 6.45) is 5.38. The lowest BCUT2D eigenvalue weighted by molar-refractivity contribution is 0.352. The van der Waals surface area contributed by atoms with Crippen molar-refractivity contribution in [2.24, 2.45) is 0 Å². The zero-order valence-corrected chi connectivity index (χ0v) is 8.82. The van der Waals surface area contributed by atoms with Crippen LogP contribution in [0.3, 0.4) is 0 Å². The summed E-state index contributed by atoms with van der Waals surface area (Å²) in [6, 6.07) is 0. The minimum Gasteiger partial charge on any atom is -0.473 e. The Balaban J connectivity index is 2.35. The van der Waals surface area contributed by atoms with Gasteiger partial charge in [0.1, 0.15) is 12.0 Å². The van der Waals surface area contributed by atoms with Crippen molar-refractivity contribution in [1.82, 2.24) is 20.2 Å². The highest BCUT2D eigenvalue weighted by molar-refractivity contribution is 6.28. The Kier molecular flexibility index (Phi) is 2.82. The van der Waals surface area contributed by atoms with Gasteiger partial charge in [-0.1, -0.05) is 12.2 Å². The van der Waals surface area contributed by atoms with Crippen LogP contribution in [-0.4, -0.2) is 26.8 Å². The van der Waals surface area contributed by atoms with E-state index in [2.05, 4.69) is 20.2 Å². The van der Waals surface area contributed by atoms with Crippen LogP contribution in [0.2, 0.25) is 5.28 Å². The first-order valence-electron chi connectivity index (χ1n) is 4.42. The summed E-state index contributed by atoms with van der Waals surface area (Å²) in [5, 5.41) is 7.42. The quantitative estimate of drug-likeness (QED) is 0.640. The molecule has 0 unspecified atom stereocenters. The first kappa shape index (κ1) is 9.92. The van der Waals surface area contributed by atoms with Gasteiger partial charge in [0.25, 0.3) is 0 Å². The molecule has 0 aromatic carbocycles. The van der Waals surface area contributed by atoms with Crippen molar-refractivity contribution in [3.8, 4) is 5.88 Å². The second-order valence-electron chi connectivity index (χ2n) is 2.81. The highest BCUT2D eigenvalue weighted by atomic mass is 35.5. The Labute approximate surface area is 91.1 Å². The van der Waals surface area contributed by atoms with Crippen LogP contribution in [0, 0.1) is 0 Å². The van der Waals surface area contributed by atoms with Gasteiger partial charge in [0.2, 0.25) is 11.2 Å². The first-order valence-corrected chi connectivity index (χ1v) is 4.79. The highest BCUT2D eigenvalue weighted by Gasteiger charge is 2.08. The number of ether oxygens (including phenoxy) is 1. The number of hydrogen-bond acceptors (Lipinski definition) is 4. The molecule has 15 heavy (non-hydrogen) atoms. The number of aromatic nitrogens is 4. The molecule has 0 radical (unpaired) electrons. The maximum Gasteiger partial charge on any atom is 0.229 e. The van der Waals surface area contributed by atoms with Crippen molar-refractivity contribution in [3.05, 3.63) is 23.6 Å². The van der Waals surface area contributed by atoms with E-state index in [1.165, 1.54) is 0 Å². The van der Waals surface area contributed by atoms with E-state index < -0.39 is 0 Å². The summed E-state index contributed by atoms with van der Waals surface area (Å²) in [5.74, 6) is 0.442. The molecule has 2 heterocycles. The average molecular weight is 225 g/mol. The van der Waals surface area contributed by atoms with Crippen LogP contribution in [0.25, 0.3) is 11.0 Å². The molecular weight excluding hydrogens is 216 g/mol. The van der Waals surface area contributed by atoms with Gasteiger partial charge in [0.05, 0.1) is 6.20 Å². The Hall–Kier alpha value is -1.62. The molecule has 0 aliphatic carbocycles. The van der Waals surface area contributed by atoms with Gasteiger partial charge in [-0.05, 0) is 18.5 Å². The normalized spacial score (nSPS) is 11.3. The number of aromatic amines is 1. The van der Waals surface area contributed by atoms with E-state index in [0.29, 0.717) is 18.1 Å². The number of H-pyrrole nitrogens is 1. The van der Waals surface area contributed by atoms with Crippen molar-refractivity contribution in [2.75, 3.05) is 6.61 Å². The summed E-state index contributed by atoms with van der Waals surface area (Å²) in [4.78, 5) is 7.95. The van der Waals surface area contributed by atoms with Gasteiger partial charge in [-0.2, -0.15) is 15.1 Å². The first-order chi connectivity index (χ1) is 7.31. The Morgan fingerprint density at radius 2 is 2.40 bits per heavy atom. The topological polar surface area (TPSA) is 63.7 Å². The molecule has 2 rings (SSSR count). The average Bonchev–Trinajstić information content (AvgIpc) is 2.65. The molecule has 0 fully saturated rings. The lowest BCUT2D eigenvalue weighted by Crippen LogP contribution is -1.97. The molecule has 2 aromatic heterocycles. The van der Waals surface area contributed by atoms with Gasteiger partial charge in [-0.15, -0.1) is 0 Å². The van der Waals surface area contributed by atoms with E-state index >= 15 is 0 Å². The summed E-state index contributed by atoms with van der Waals surface area (Å²) in [6.45, 7) is 2.37. The number of hydrogen-bond donors (Lipinski definition) is 1. The molecule has 0 saturated heterocycles. The van der Waals surface area contributed by atoms with E-state index in [1.54, 1.807) is 6.20 Å². The lowest BCUT2D eigenvalue weighted by atomic mass is 10.4. The van der Waals surface area contributed by atoms with Gasteiger partial charge in [0, 0.05) is 0 Å². The third kappa shape index (κ3) is 2.07. The Morgan fingerprint density at radius 3 is 3.20 bits per heavy atom. The van der Waals surface area contributed by atoms with E-state index in [9.17, 15) is 0 Å². The molecule has 0 amide bonds. The maximum absolute atomic E-state index is 5.73. The fourth-order valence-corrected chi connectivity index (χ4v) is 1.28. The second-order valence-corrected chi connectivity index (χ2v) is 3.15. The van der Waals surface area contributed by atoms with Gasteiger partial charge in [-0.25, -0.2) is 0 Å².